The Kier molecular flexibility index (Phi) is 3.03. The molecular formula is C10H15NO2S. The first-order chi connectivity index (χ1) is 6.77. The molecule has 1 aliphatic rings. The highest BCUT2D eigenvalue weighted by molar-refractivity contribution is 7.85. The molecular weight excluding hydrogens is 198 g/mol. The van der Waals surface area contributed by atoms with Crippen LogP contribution < -0.4 is 5.32 Å². The van der Waals surface area contributed by atoms with E-state index in [2.05, 4.69) is 12.2 Å². The fourth-order valence-corrected chi connectivity index (χ4v) is 3.02. The summed E-state index contributed by atoms with van der Waals surface area (Å²) < 4.78 is 16.8. The van der Waals surface area contributed by atoms with Gasteiger partial charge in [0, 0.05) is 33.4 Å². The van der Waals surface area contributed by atoms with Crippen molar-refractivity contribution in [2.24, 2.45) is 0 Å². The summed E-state index contributed by atoms with van der Waals surface area (Å²) in [7, 11) is -0.721. The van der Waals surface area contributed by atoms with Crippen LogP contribution in [0.2, 0.25) is 0 Å². The summed E-state index contributed by atoms with van der Waals surface area (Å²) in [5.41, 5.74) is 1.10. The third kappa shape index (κ3) is 2.07. The molecule has 78 valence electrons. The van der Waals surface area contributed by atoms with Crippen molar-refractivity contribution in [1.29, 1.82) is 0 Å². The molecule has 3 nitrogen and oxygen atoms in total. The Morgan fingerprint density at radius 1 is 1.64 bits per heavy atom. The third-order valence-corrected chi connectivity index (χ3v) is 4.46. The van der Waals surface area contributed by atoms with Crippen molar-refractivity contribution in [2.75, 3.05) is 12.3 Å². The molecule has 0 bridgehead atoms. The van der Waals surface area contributed by atoms with Crippen LogP contribution >= 0.6 is 0 Å². The molecule has 0 aromatic carbocycles. The molecule has 0 saturated carbocycles. The van der Waals surface area contributed by atoms with E-state index < -0.39 is 10.8 Å². The maximum Gasteiger partial charge on any atom is 0.0950 e. The van der Waals surface area contributed by atoms with Crippen LogP contribution in [-0.2, 0) is 10.8 Å². The number of hydrogen-bond acceptors (Lipinski definition) is 3. The normalized spacial score (nSPS) is 33.9. The van der Waals surface area contributed by atoms with Crippen molar-refractivity contribution in [1.82, 2.24) is 5.32 Å². The zero-order chi connectivity index (χ0) is 9.97. The van der Waals surface area contributed by atoms with Crippen LogP contribution in [0.1, 0.15) is 24.9 Å². The van der Waals surface area contributed by atoms with Gasteiger partial charge in [0.05, 0.1) is 12.5 Å². The SMILES string of the molecule is CC1CCNC(c2ccoc2)CS1=O. The van der Waals surface area contributed by atoms with Gasteiger partial charge < -0.3 is 9.73 Å². The molecule has 2 rings (SSSR count). The first-order valence-electron chi connectivity index (χ1n) is 4.90. The number of hydrogen-bond donors (Lipinski definition) is 1. The third-order valence-electron chi connectivity index (χ3n) is 2.67. The van der Waals surface area contributed by atoms with Crippen molar-refractivity contribution in [3.63, 3.8) is 0 Å². The molecule has 0 aliphatic carbocycles. The standard InChI is InChI=1S/C10H15NO2S/c1-8-2-4-11-10(7-14(8)12)9-3-5-13-6-9/h3,5-6,8,10-11H,2,4,7H2,1H3. The van der Waals surface area contributed by atoms with E-state index >= 15 is 0 Å². The molecule has 14 heavy (non-hydrogen) atoms. The Hall–Kier alpha value is -0.610. The lowest BCUT2D eigenvalue weighted by molar-refractivity contribution is 0.541. The van der Waals surface area contributed by atoms with Crippen molar-refractivity contribution in [3.05, 3.63) is 24.2 Å². The molecule has 1 aromatic heterocycles. The van der Waals surface area contributed by atoms with Crippen molar-refractivity contribution < 1.29 is 8.63 Å². The second-order valence-corrected chi connectivity index (χ2v) is 5.61. The zero-order valence-electron chi connectivity index (χ0n) is 8.23. The van der Waals surface area contributed by atoms with Gasteiger partial charge in [0.1, 0.15) is 0 Å². The van der Waals surface area contributed by atoms with Gasteiger partial charge in [0.2, 0.25) is 0 Å². The fourth-order valence-electron chi connectivity index (χ4n) is 1.67. The Labute approximate surface area is 86.3 Å². The average molecular weight is 213 g/mol. The smallest absolute Gasteiger partial charge is 0.0950 e. The summed E-state index contributed by atoms with van der Waals surface area (Å²) in [5, 5.41) is 3.70. The Morgan fingerprint density at radius 2 is 2.50 bits per heavy atom. The van der Waals surface area contributed by atoms with Crippen molar-refractivity contribution in [3.8, 4) is 0 Å². The van der Waals surface area contributed by atoms with Gasteiger partial charge in [0.25, 0.3) is 0 Å². The minimum Gasteiger partial charge on any atom is -0.472 e. The lowest BCUT2D eigenvalue weighted by Crippen LogP contribution is -2.23. The van der Waals surface area contributed by atoms with Gasteiger partial charge in [-0.05, 0) is 19.0 Å². The molecule has 4 heteroatoms. The fraction of sp³-hybridized carbons (Fsp3) is 0.600. The van der Waals surface area contributed by atoms with Gasteiger partial charge in [-0.15, -0.1) is 0 Å². The largest absolute Gasteiger partial charge is 0.472 e. The highest BCUT2D eigenvalue weighted by atomic mass is 32.2. The van der Waals surface area contributed by atoms with Crippen molar-refractivity contribution >= 4 is 10.8 Å². The van der Waals surface area contributed by atoms with Crippen molar-refractivity contribution in [2.45, 2.75) is 24.6 Å². The van der Waals surface area contributed by atoms with Crippen LogP contribution in [0, 0.1) is 0 Å². The first-order valence-corrected chi connectivity index (χ1v) is 6.28. The van der Waals surface area contributed by atoms with Gasteiger partial charge in [-0.25, -0.2) is 0 Å². The zero-order valence-corrected chi connectivity index (χ0v) is 9.05. The van der Waals surface area contributed by atoms with E-state index in [4.69, 9.17) is 4.42 Å². The van der Waals surface area contributed by atoms with Crippen LogP contribution in [0.25, 0.3) is 0 Å². The minimum atomic E-state index is -0.721. The highest BCUT2D eigenvalue weighted by Gasteiger charge is 2.22. The van der Waals surface area contributed by atoms with E-state index in [9.17, 15) is 4.21 Å². The Bertz CT molecular complexity index is 310. The molecule has 1 aliphatic heterocycles. The maximum atomic E-state index is 11.8. The number of rotatable bonds is 1. The molecule has 0 radical (unpaired) electrons. The topological polar surface area (TPSA) is 42.2 Å². The predicted octanol–water partition coefficient (Wildman–Crippen LogP) is 1.45. The summed E-state index contributed by atoms with van der Waals surface area (Å²) in [6, 6.07) is 2.13. The minimum absolute atomic E-state index is 0.194. The lowest BCUT2D eigenvalue weighted by Gasteiger charge is -2.12. The lowest BCUT2D eigenvalue weighted by atomic mass is 10.2. The van der Waals surface area contributed by atoms with E-state index in [0.717, 1.165) is 18.5 Å². The summed E-state index contributed by atoms with van der Waals surface area (Å²) in [6.07, 6.45) is 4.38. The number of nitrogens with one attached hydrogen (secondary N) is 1. The monoisotopic (exact) mass is 213 g/mol. The molecule has 0 spiro atoms. The van der Waals surface area contributed by atoms with Gasteiger partial charge in [-0.2, -0.15) is 0 Å². The summed E-state index contributed by atoms with van der Waals surface area (Å²) in [6.45, 7) is 2.98. The first kappa shape index (κ1) is 9.93. The van der Waals surface area contributed by atoms with Gasteiger partial charge in [-0.1, -0.05) is 6.92 Å². The Balaban J connectivity index is 2.10. The van der Waals surface area contributed by atoms with Crippen LogP contribution in [0.15, 0.2) is 23.0 Å². The van der Waals surface area contributed by atoms with E-state index in [1.807, 2.05) is 6.07 Å². The van der Waals surface area contributed by atoms with Gasteiger partial charge in [-0.3, -0.25) is 4.21 Å². The molecule has 1 saturated heterocycles. The van der Waals surface area contributed by atoms with E-state index in [1.54, 1.807) is 12.5 Å². The van der Waals surface area contributed by atoms with E-state index in [1.165, 1.54) is 0 Å². The molecule has 2 heterocycles. The van der Waals surface area contributed by atoms with Gasteiger partial charge in [0.15, 0.2) is 0 Å². The molecule has 3 atom stereocenters. The second-order valence-electron chi connectivity index (χ2n) is 3.71. The van der Waals surface area contributed by atoms with Gasteiger partial charge >= 0.3 is 0 Å². The predicted molar refractivity (Wildman–Crippen MR) is 56.5 cm³/mol. The molecule has 1 fully saturated rings. The maximum absolute atomic E-state index is 11.8. The summed E-state index contributed by atoms with van der Waals surface area (Å²) in [4.78, 5) is 0. The highest BCUT2D eigenvalue weighted by Crippen LogP contribution is 2.19. The molecule has 0 amide bonds. The molecule has 1 aromatic rings. The molecule has 3 unspecified atom stereocenters. The van der Waals surface area contributed by atoms with Crippen LogP contribution in [0.4, 0.5) is 0 Å². The quantitative estimate of drug-likeness (QED) is 0.767. The van der Waals surface area contributed by atoms with Crippen LogP contribution in [0.5, 0.6) is 0 Å². The summed E-state index contributed by atoms with van der Waals surface area (Å²) in [5.74, 6) is 0.695. The average Bonchev–Trinajstić information content (AvgIpc) is 2.63. The van der Waals surface area contributed by atoms with Crippen LogP contribution in [0.3, 0.4) is 0 Å². The second kappa shape index (κ2) is 4.28. The summed E-state index contributed by atoms with van der Waals surface area (Å²) >= 11 is 0. The van der Waals surface area contributed by atoms with Crippen LogP contribution in [-0.4, -0.2) is 21.8 Å². The number of furan rings is 1. The van der Waals surface area contributed by atoms with E-state index in [0.29, 0.717) is 11.0 Å². The molecule has 1 N–H and O–H groups in total. The van der Waals surface area contributed by atoms with E-state index in [-0.39, 0.29) is 6.04 Å². The Morgan fingerprint density at radius 3 is 3.21 bits per heavy atom.